The molecule has 0 bridgehead atoms. The van der Waals surface area contributed by atoms with Crippen molar-refractivity contribution >= 4 is 53.3 Å². The van der Waals surface area contributed by atoms with Crippen molar-refractivity contribution in [1.29, 1.82) is 0 Å². The molecular formula is C17H27IN4OS. The summed E-state index contributed by atoms with van der Waals surface area (Å²) >= 11 is 2.03. The van der Waals surface area contributed by atoms with Gasteiger partial charge in [0.15, 0.2) is 5.96 Å². The van der Waals surface area contributed by atoms with Gasteiger partial charge in [-0.3, -0.25) is 9.79 Å². The van der Waals surface area contributed by atoms with E-state index in [2.05, 4.69) is 27.9 Å². The molecule has 1 unspecified atom stereocenters. The zero-order valence-electron chi connectivity index (χ0n) is 14.5. The number of amides is 1. The Morgan fingerprint density at radius 2 is 2.17 bits per heavy atom. The molecular weight excluding hydrogens is 435 g/mol. The molecule has 0 aliphatic carbocycles. The van der Waals surface area contributed by atoms with Crippen LogP contribution in [0.4, 0.5) is 5.69 Å². The maximum absolute atomic E-state index is 11.1. The van der Waals surface area contributed by atoms with Gasteiger partial charge in [0.05, 0.1) is 0 Å². The first-order valence-electron chi connectivity index (χ1n) is 7.96. The number of carbonyl (C=O) groups is 1. The molecule has 0 aromatic heterocycles. The maximum Gasteiger partial charge on any atom is 0.221 e. The molecule has 7 heteroatoms. The van der Waals surface area contributed by atoms with Crippen LogP contribution in [-0.4, -0.2) is 36.0 Å². The summed E-state index contributed by atoms with van der Waals surface area (Å²) in [6.45, 7) is 5.40. The quantitative estimate of drug-likeness (QED) is 0.357. The van der Waals surface area contributed by atoms with Gasteiger partial charge in [-0.1, -0.05) is 12.1 Å². The second-order valence-electron chi connectivity index (χ2n) is 6.06. The molecule has 0 spiro atoms. The van der Waals surface area contributed by atoms with Gasteiger partial charge in [0.1, 0.15) is 0 Å². The fraction of sp³-hybridized carbons (Fsp3) is 0.529. The number of nitrogens with zero attached hydrogens (tertiary/aromatic N) is 1. The number of anilines is 1. The Balaban J connectivity index is 0.00000288. The zero-order chi connectivity index (χ0) is 16.7. The molecule has 1 saturated heterocycles. The molecule has 1 aliphatic heterocycles. The lowest BCUT2D eigenvalue weighted by molar-refractivity contribution is -0.114. The van der Waals surface area contributed by atoms with Crippen LogP contribution in [0.25, 0.3) is 0 Å². The van der Waals surface area contributed by atoms with Crippen molar-refractivity contribution in [2.45, 2.75) is 38.0 Å². The van der Waals surface area contributed by atoms with E-state index >= 15 is 0 Å². The van der Waals surface area contributed by atoms with Crippen molar-refractivity contribution in [2.75, 3.05) is 24.7 Å². The van der Waals surface area contributed by atoms with Crippen LogP contribution < -0.4 is 16.0 Å². The molecule has 1 atom stereocenters. The van der Waals surface area contributed by atoms with Gasteiger partial charge >= 0.3 is 0 Å². The van der Waals surface area contributed by atoms with Crippen LogP contribution in [-0.2, 0) is 11.3 Å². The van der Waals surface area contributed by atoms with Crippen molar-refractivity contribution in [3.63, 3.8) is 0 Å². The predicted molar refractivity (Wildman–Crippen MR) is 114 cm³/mol. The number of aliphatic imine (C=N–C) groups is 1. The van der Waals surface area contributed by atoms with E-state index in [4.69, 9.17) is 0 Å². The van der Waals surface area contributed by atoms with Gasteiger partial charge in [-0.15, -0.1) is 24.0 Å². The summed E-state index contributed by atoms with van der Waals surface area (Å²) in [5, 5.41) is 9.54. The molecule has 5 nitrogen and oxygen atoms in total. The number of hydrogen-bond donors (Lipinski definition) is 3. The summed E-state index contributed by atoms with van der Waals surface area (Å²) in [6.07, 6.45) is 2.55. The van der Waals surface area contributed by atoms with E-state index in [9.17, 15) is 4.79 Å². The van der Waals surface area contributed by atoms with Gasteiger partial charge < -0.3 is 16.0 Å². The average Bonchev–Trinajstić information content (AvgIpc) is 2.94. The number of halogens is 1. The van der Waals surface area contributed by atoms with E-state index in [1.165, 1.54) is 25.5 Å². The second kappa shape index (κ2) is 10.1. The van der Waals surface area contributed by atoms with E-state index in [1.54, 1.807) is 7.05 Å². The van der Waals surface area contributed by atoms with Crippen LogP contribution in [0.5, 0.6) is 0 Å². The van der Waals surface area contributed by atoms with Gasteiger partial charge in [0.2, 0.25) is 5.91 Å². The third-order valence-electron chi connectivity index (χ3n) is 3.86. The number of benzene rings is 1. The smallest absolute Gasteiger partial charge is 0.221 e. The minimum Gasteiger partial charge on any atom is -0.355 e. The lowest BCUT2D eigenvalue weighted by Crippen LogP contribution is -2.43. The van der Waals surface area contributed by atoms with E-state index in [-0.39, 0.29) is 29.9 Å². The summed E-state index contributed by atoms with van der Waals surface area (Å²) in [7, 11) is 1.78. The molecule has 0 radical (unpaired) electrons. The van der Waals surface area contributed by atoms with E-state index in [1.807, 2.05) is 36.0 Å². The Morgan fingerprint density at radius 3 is 2.79 bits per heavy atom. The predicted octanol–water partition coefficient (Wildman–Crippen LogP) is 3.21. The van der Waals surface area contributed by atoms with Crippen molar-refractivity contribution in [1.82, 2.24) is 10.6 Å². The molecule has 0 saturated carbocycles. The minimum atomic E-state index is -0.0603. The Morgan fingerprint density at radius 1 is 1.38 bits per heavy atom. The van der Waals surface area contributed by atoms with Gasteiger partial charge in [-0.25, -0.2) is 0 Å². The highest BCUT2D eigenvalue weighted by Crippen LogP contribution is 2.36. The van der Waals surface area contributed by atoms with E-state index in [0.29, 0.717) is 11.3 Å². The van der Waals surface area contributed by atoms with Gasteiger partial charge in [-0.05, 0) is 43.2 Å². The number of thioether (sulfide) groups is 1. The summed E-state index contributed by atoms with van der Waals surface area (Å²) in [5.74, 6) is 2.00. The molecule has 24 heavy (non-hydrogen) atoms. The Bertz CT molecular complexity index is 573. The lowest BCUT2D eigenvalue weighted by atomic mass is 10.1. The number of nitrogens with one attached hydrogen (secondary N) is 3. The van der Waals surface area contributed by atoms with Gasteiger partial charge in [0.25, 0.3) is 0 Å². The van der Waals surface area contributed by atoms with E-state index in [0.717, 1.165) is 23.8 Å². The molecule has 2 rings (SSSR count). The highest BCUT2D eigenvalue weighted by molar-refractivity contribution is 14.0. The van der Waals surface area contributed by atoms with Crippen LogP contribution in [0.15, 0.2) is 29.3 Å². The molecule has 1 aliphatic rings. The minimum absolute atomic E-state index is 0. The Kier molecular flexibility index (Phi) is 8.90. The molecule has 1 fully saturated rings. The topological polar surface area (TPSA) is 65.5 Å². The highest BCUT2D eigenvalue weighted by atomic mass is 127. The largest absolute Gasteiger partial charge is 0.355 e. The Labute approximate surface area is 165 Å². The van der Waals surface area contributed by atoms with Crippen LogP contribution in [0.1, 0.15) is 32.3 Å². The Hall–Kier alpha value is -0.960. The van der Waals surface area contributed by atoms with Crippen molar-refractivity contribution in [3.8, 4) is 0 Å². The lowest BCUT2D eigenvalue weighted by Gasteiger charge is -2.24. The second-order valence-corrected chi connectivity index (χ2v) is 7.75. The third kappa shape index (κ3) is 6.88. The van der Waals surface area contributed by atoms with Crippen LogP contribution in [0.2, 0.25) is 0 Å². The third-order valence-corrected chi connectivity index (χ3v) is 5.40. The fourth-order valence-electron chi connectivity index (χ4n) is 2.62. The summed E-state index contributed by atoms with van der Waals surface area (Å²) in [5.41, 5.74) is 1.91. The zero-order valence-corrected chi connectivity index (χ0v) is 17.7. The molecule has 134 valence electrons. The monoisotopic (exact) mass is 462 g/mol. The summed E-state index contributed by atoms with van der Waals surface area (Å²) in [4.78, 5) is 15.4. The van der Waals surface area contributed by atoms with Crippen LogP contribution >= 0.6 is 35.7 Å². The molecule has 1 aromatic rings. The van der Waals surface area contributed by atoms with Crippen molar-refractivity contribution < 1.29 is 4.79 Å². The van der Waals surface area contributed by atoms with Gasteiger partial charge in [0, 0.05) is 37.5 Å². The molecule has 3 N–H and O–H groups in total. The molecule has 1 heterocycles. The highest BCUT2D eigenvalue weighted by Gasteiger charge is 2.29. The number of guanidine groups is 1. The number of hydrogen-bond acceptors (Lipinski definition) is 3. The van der Waals surface area contributed by atoms with Crippen molar-refractivity contribution in [2.24, 2.45) is 4.99 Å². The first kappa shape index (κ1) is 21.1. The standard InChI is InChI=1S/C17H26N4OS.HI/c1-13(22)21-15-7-4-6-14(10-15)11-19-16(18-3)20-12-17(2)8-5-9-23-17;/h4,6-7,10H,5,8-9,11-12H2,1-3H3,(H,21,22)(H2,18,19,20);1H. The summed E-state index contributed by atoms with van der Waals surface area (Å²) in [6, 6.07) is 7.82. The summed E-state index contributed by atoms with van der Waals surface area (Å²) < 4.78 is 0.308. The van der Waals surface area contributed by atoms with Crippen LogP contribution in [0.3, 0.4) is 0 Å². The maximum atomic E-state index is 11.1. The fourth-order valence-corrected chi connectivity index (χ4v) is 3.86. The molecule has 1 amide bonds. The SMILES string of the molecule is CN=C(NCc1cccc(NC(C)=O)c1)NCC1(C)CCCS1.I. The normalized spacial score (nSPS) is 20.2. The first-order valence-corrected chi connectivity index (χ1v) is 8.94. The van der Waals surface area contributed by atoms with Crippen LogP contribution in [0, 0.1) is 0 Å². The first-order chi connectivity index (χ1) is 11.0. The average molecular weight is 462 g/mol. The van der Waals surface area contributed by atoms with Gasteiger partial charge in [-0.2, -0.15) is 11.8 Å². The van der Waals surface area contributed by atoms with E-state index < -0.39 is 0 Å². The van der Waals surface area contributed by atoms with Crippen molar-refractivity contribution in [3.05, 3.63) is 29.8 Å². The number of rotatable bonds is 5. The number of carbonyl (C=O) groups excluding carboxylic acids is 1. The molecule has 1 aromatic carbocycles.